The lowest BCUT2D eigenvalue weighted by Gasteiger charge is -2.04. The first-order valence-corrected chi connectivity index (χ1v) is 4.21. The molecule has 0 saturated carbocycles. The van der Waals surface area contributed by atoms with Crippen molar-refractivity contribution in [3.63, 3.8) is 0 Å². The maximum absolute atomic E-state index is 13.3. The summed E-state index contributed by atoms with van der Waals surface area (Å²) in [5.41, 5.74) is 2.07. The summed E-state index contributed by atoms with van der Waals surface area (Å²) < 4.78 is 13.3. The molecule has 1 aliphatic heterocycles. The molecule has 2 rings (SSSR count). The van der Waals surface area contributed by atoms with Crippen LogP contribution in [-0.4, -0.2) is 5.91 Å². The molecule has 1 amide bonds. The van der Waals surface area contributed by atoms with Gasteiger partial charge in [-0.2, -0.15) is 0 Å². The molecule has 0 radical (unpaired) electrons. The summed E-state index contributed by atoms with van der Waals surface area (Å²) in [6.45, 7) is 3.57. The largest absolute Gasteiger partial charge is 0.325 e. The Bertz CT molecular complexity index is 387. The second-order valence-electron chi connectivity index (χ2n) is 3.36. The molecule has 0 bridgehead atoms. The van der Waals surface area contributed by atoms with Gasteiger partial charge in [0.1, 0.15) is 5.82 Å². The second-order valence-corrected chi connectivity index (χ2v) is 3.36. The summed E-state index contributed by atoms with van der Waals surface area (Å²) in [7, 11) is 0. The van der Waals surface area contributed by atoms with Gasteiger partial charge in [0.2, 0.25) is 5.91 Å². The van der Waals surface area contributed by atoms with Crippen LogP contribution in [0.2, 0.25) is 0 Å². The van der Waals surface area contributed by atoms with Gasteiger partial charge >= 0.3 is 0 Å². The fourth-order valence-corrected chi connectivity index (χ4v) is 1.65. The van der Waals surface area contributed by atoms with Gasteiger partial charge in [-0.15, -0.1) is 0 Å². The van der Waals surface area contributed by atoms with E-state index in [0.29, 0.717) is 11.3 Å². The summed E-state index contributed by atoms with van der Waals surface area (Å²) in [5.74, 6) is -0.787. The third kappa shape index (κ3) is 1.03. The van der Waals surface area contributed by atoms with Gasteiger partial charge in [-0.3, -0.25) is 4.79 Å². The minimum Gasteiger partial charge on any atom is -0.325 e. The van der Waals surface area contributed by atoms with Crippen LogP contribution in [0.3, 0.4) is 0 Å². The van der Waals surface area contributed by atoms with Crippen molar-refractivity contribution in [1.82, 2.24) is 0 Å². The first-order chi connectivity index (χ1) is 6.11. The van der Waals surface area contributed by atoms with E-state index in [2.05, 4.69) is 5.32 Å². The van der Waals surface area contributed by atoms with Crippen LogP contribution < -0.4 is 5.32 Å². The highest BCUT2D eigenvalue weighted by Crippen LogP contribution is 2.36. The number of halogens is 1. The number of carbonyl (C=O) groups is 1. The van der Waals surface area contributed by atoms with Gasteiger partial charge in [-0.25, -0.2) is 4.39 Å². The Morgan fingerprint density at radius 3 is 2.77 bits per heavy atom. The van der Waals surface area contributed by atoms with E-state index in [-0.39, 0.29) is 17.6 Å². The number of aryl methyl sites for hydroxylation is 1. The van der Waals surface area contributed by atoms with E-state index >= 15 is 0 Å². The SMILES string of the molecule is Cc1ccc(F)c2c1NC(=O)C2C. The molecule has 1 atom stereocenters. The Hall–Kier alpha value is -1.38. The maximum Gasteiger partial charge on any atom is 0.231 e. The molecule has 0 saturated heterocycles. The highest BCUT2D eigenvalue weighted by atomic mass is 19.1. The zero-order valence-corrected chi connectivity index (χ0v) is 7.52. The molecule has 2 nitrogen and oxygen atoms in total. The Labute approximate surface area is 75.8 Å². The monoisotopic (exact) mass is 179 g/mol. The van der Waals surface area contributed by atoms with Crippen LogP contribution in [0.25, 0.3) is 0 Å². The molecular formula is C10H10FNO. The first kappa shape index (κ1) is 8.23. The van der Waals surface area contributed by atoms with E-state index in [1.807, 2.05) is 6.92 Å². The maximum atomic E-state index is 13.3. The average Bonchev–Trinajstić information content (AvgIpc) is 2.38. The highest BCUT2D eigenvalue weighted by molar-refractivity contribution is 6.03. The van der Waals surface area contributed by atoms with Gasteiger partial charge in [-0.1, -0.05) is 6.07 Å². The summed E-state index contributed by atoms with van der Waals surface area (Å²) in [6.07, 6.45) is 0. The Balaban J connectivity index is 2.68. The fraction of sp³-hybridized carbons (Fsp3) is 0.300. The summed E-state index contributed by atoms with van der Waals surface area (Å²) in [4.78, 5) is 11.3. The lowest BCUT2D eigenvalue weighted by molar-refractivity contribution is -0.116. The van der Waals surface area contributed by atoms with Gasteiger partial charge in [0.15, 0.2) is 0 Å². The minimum absolute atomic E-state index is 0.122. The van der Waals surface area contributed by atoms with Crippen molar-refractivity contribution < 1.29 is 9.18 Å². The third-order valence-corrected chi connectivity index (χ3v) is 2.48. The van der Waals surface area contributed by atoms with Crippen LogP contribution in [-0.2, 0) is 4.79 Å². The van der Waals surface area contributed by atoms with Gasteiger partial charge in [-0.05, 0) is 25.5 Å². The van der Waals surface area contributed by atoms with E-state index in [9.17, 15) is 9.18 Å². The van der Waals surface area contributed by atoms with Crippen molar-refractivity contribution in [2.75, 3.05) is 5.32 Å². The molecule has 0 aliphatic carbocycles. The van der Waals surface area contributed by atoms with Crippen LogP contribution >= 0.6 is 0 Å². The van der Waals surface area contributed by atoms with Gasteiger partial charge in [0.25, 0.3) is 0 Å². The Kier molecular flexibility index (Phi) is 1.62. The number of nitrogens with one attached hydrogen (secondary N) is 1. The topological polar surface area (TPSA) is 29.1 Å². The number of benzene rings is 1. The standard InChI is InChI=1S/C10H10FNO/c1-5-3-4-7(11)8-6(2)10(13)12-9(5)8/h3-4,6H,1-2H3,(H,12,13). The summed E-state index contributed by atoms with van der Waals surface area (Å²) in [6, 6.07) is 3.08. The highest BCUT2D eigenvalue weighted by Gasteiger charge is 2.30. The zero-order valence-electron chi connectivity index (χ0n) is 7.52. The molecule has 1 aromatic rings. The van der Waals surface area contributed by atoms with Crippen molar-refractivity contribution in [3.8, 4) is 0 Å². The van der Waals surface area contributed by atoms with Crippen molar-refractivity contribution in [3.05, 3.63) is 29.1 Å². The molecule has 0 aromatic heterocycles. The number of hydrogen-bond acceptors (Lipinski definition) is 1. The Morgan fingerprint density at radius 2 is 2.15 bits per heavy atom. The van der Waals surface area contributed by atoms with Gasteiger partial charge < -0.3 is 5.32 Å². The number of carbonyl (C=O) groups excluding carboxylic acids is 1. The number of anilines is 1. The normalized spacial score (nSPS) is 19.9. The van der Waals surface area contributed by atoms with Crippen LogP contribution in [0, 0.1) is 12.7 Å². The van der Waals surface area contributed by atoms with Crippen molar-refractivity contribution in [2.45, 2.75) is 19.8 Å². The number of amides is 1. The number of hydrogen-bond donors (Lipinski definition) is 1. The van der Waals surface area contributed by atoms with Crippen LogP contribution in [0.1, 0.15) is 24.0 Å². The lowest BCUT2D eigenvalue weighted by atomic mass is 10.0. The minimum atomic E-state index is -0.366. The Morgan fingerprint density at radius 1 is 1.46 bits per heavy atom. The first-order valence-electron chi connectivity index (χ1n) is 4.21. The van der Waals surface area contributed by atoms with Crippen molar-refractivity contribution in [2.24, 2.45) is 0 Å². The van der Waals surface area contributed by atoms with Gasteiger partial charge in [0, 0.05) is 5.56 Å². The third-order valence-electron chi connectivity index (χ3n) is 2.48. The van der Waals surface area contributed by atoms with E-state index in [1.165, 1.54) is 6.07 Å². The molecule has 1 aromatic carbocycles. The molecule has 1 N–H and O–H groups in total. The molecule has 1 unspecified atom stereocenters. The van der Waals surface area contributed by atoms with Crippen LogP contribution in [0.5, 0.6) is 0 Å². The zero-order chi connectivity index (χ0) is 9.59. The van der Waals surface area contributed by atoms with E-state index < -0.39 is 0 Å². The van der Waals surface area contributed by atoms with Gasteiger partial charge in [0.05, 0.1) is 11.6 Å². The molecule has 3 heteroatoms. The second kappa shape index (κ2) is 2.55. The van der Waals surface area contributed by atoms with E-state index in [0.717, 1.165) is 5.56 Å². The van der Waals surface area contributed by atoms with Crippen LogP contribution in [0.15, 0.2) is 12.1 Å². The summed E-state index contributed by atoms with van der Waals surface area (Å²) >= 11 is 0. The molecule has 0 fully saturated rings. The summed E-state index contributed by atoms with van der Waals surface area (Å²) in [5, 5.41) is 2.68. The molecule has 0 spiro atoms. The molecular weight excluding hydrogens is 169 g/mol. The molecule has 1 aliphatic rings. The molecule has 68 valence electrons. The predicted octanol–water partition coefficient (Wildman–Crippen LogP) is 2.19. The van der Waals surface area contributed by atoms with Crippen molar-refractivity contribution in [1.29, 1.82) is 0 Å². The van der Waals surface area contributed by atoms with E-state index in [4.69, 9.17) is 0 Å². The number of fused-ring (bicyclic) bond motifs is 1. The predicted molar refractivity (Wildman–Crippen MR) is 48.2 cm³/mol. The average molecular weight is 179 g/mol. The van der Waals surface area contributed by atoms with E-state index in [1.54, 1.807) is 13.0 Å². The fourth-order valence-electron chi connectivity index (χ4n) is 1.65. The van der Waals surface area contributed by atoms with Crippen molar-refractivity contribution >= 4 is 11.6 Å². The lowest BCUT2D eigenvalue weighted by Crippen LogP contribution is -2.08. The smallest absolute Gasteiger partial charge is 0.231 e. The number of rotatable bonds is 0. The molecule has 13 heavy (non-hydrogen) atoms. The molecule has 1 heterocycles. The quantitative estimate of drug-likeness (QED) is 0.649. The van der Waals surface area contributed by atoms with Crippen LogP contribution in [0.4, 0.5) is 10.1 Å².